The van der Waals surface area contributed by atoms with Crippen molar-refractivity contribution >= 4 is 23.2 Å². The minimum absolute atomic E-state index is 0.212. The molecule has 100 valence electrons. The first-order valence-corrected chi connectivity index (χ1v) is 6.54. The number of aryl methyl sites for hydroxylation is 1. The monoisotopic (exact) mass is 296 g/mol. The third kappa shape index (κ3) is 3.64. The minimum atomic E-state index is -0.212. The second-order valence-corrected chi connectivity index (χ2v) is 5.12. The standard InChI is InChI=1S/C13H14Cl2N4/c1-8-6-17-13(18-7-8)12(19-16)5-9-4-10(14)2-3-11(9)15/h2-4,6-7,12,19H,5,16H2,1H3. The summed E-state index contributed by atoms with van der Waals surface area (Å²) in [4.78, 5) is 8.54. The van der Waals surface area contributed by atoms with E-state index in [1.54, 1.807) is 24.5 Å². The average Bonchev–Trinajstić information content (AvgIpc) is 2.41. The Kier molecular flexibility index (Phi) is 4.71. The van der Waals surface area contributed by atoms with Gasteiger partial charge in [-0.3, -0.25) is 5.84 Å². The summed E-state index contributed by atoms with van der Waals surface area (Å²) in [5, 5.41) is 1.29. The van der Waals surface area contributed by atoms with E-state index in [1.807, 2.05) is 13.0 Å². The van der Waals surface area contributed by atoms with Crippen LogP contribution in [0.25, 0.3) is 0 Å². The fourth-order valence-electron chi connectivity index (χ4n) is 1.73. The fraction of sp³-hybridized carbons (Fsp3) is 0.231. The molecule has 1 heterocycles. The molecule has 0 bridgehead atoms. The largest absolute Gasteiger partial charge is 0.271 e. The third-order valence-electron chi connectivity index (χ3n) is 2.75. The van der Waals surface area contributed by atoms with Crippen LogP contribution >= 0.6 is 23.2 Å². The van der Waals surface area contributed by atoms with Gasteiger partial charge >= 0.3 is 0 Å². The predicted octanol–water partition coefficient (Wildman–Crippen LogP) is 2.84. The molecule has 6 heteroatoms. The summed E-state index contributed by atoms with van der Waals surface area (Å²) in [6, 6.07) is 5.13. The van der Waals surface area contributed by atoms with E-state index in [9.17, 15) is 0 Å². The van der Waals surface area contributed by atoms with Gasteiger partial charge in [0.1, 0.15) is 5.82 Å². The second kappa shape index (κ2) is 6.30. The molecule has 0 aliphatic carbocycles. The van der Waals surface area contributed by atoms with Crippen LogP contribution in [0.2, 0.25) is 10.0 Å². The summed E-state index contributed by atoms with van der Waals surface area (Å²) in [6.45, 7) is 1.93. The van der Waals surface area contributed by atoms with Gasteiger partial charge in [0.05, 0.1) is 6.04 Å². The van der Waals surface area contributed by atoms with Crippen molar-refractivity contribution in [3.05, 3.63) is 57.6 Å². The van der Waals surface area contributed by atoms with Gasteiger partial charge in [-0.2, -0.15) is 0 Å². The molecular formula is C13H14Cl2N4. The maximum atomic E-state index is 6.14. The Hall–Kier alpha value is -1.20. The zero-order valence-corrected chi connectivity index (χ0v) is 11.9. The van der Waals surface area contributed by atoms with Crippen LogP contribution in [-0.2, 0) is 6.42 Å². The summed E-state index contributed by atoms with van der Waals surface area (Å²) < 4.78 is 0. The molecule has 2 aromatic rings. The van der Waals surface area contributed by atoms with Crippen LogP contribution in [0.15, 0.2) is 30.6 Å². The smallest absolute Gasteiger partial charge is 0.146 e. The molecule has 1 atom stereocenters. The van der Waals surface area contributed by atoms with Crippen LogP contribution in [0.3, 0.4) is 0 Å². The number of hydrogen-bond donors (Lipinski definition) is 2. The number of hydrogen-bond acceptors (Lipinski definition) is 4. The molecule has 1 aromatic heterocycles. The quantitative estimate of drug-likeness (QED) is 0.673. The number of hydrazine groups is 1. The first-order chi connectivity index (χ1) is 9.10. The van der Waals surface area contributed by atoms with Crippen LogP contribution in [0, 0.1) is 6.92 Å². The number of nitrogens with zero attached hydrogens (tertiary/aromatic N) is 2. The fourth-order valence-corrected chi connectivity index (χ4v) is 2.12. The zero-order valence-electron chi connectivity index (χ0n) is 10.4. The van der Waals surface area contributed by atoms with Crippen LogP contribution in [-0.4, -0.2) is 9.97 Å². The highest BCUT2D eigenvalue weighted by molar-refractivity contribution is 6.33. The van der Waals surface area contributed by atoms with Gasteiger partial charge in [0.15, 0.2) is 0 Å². The molecule has 0 fully saturated rings. The second-order valence-electron chi connectivity index (χ2n) is 4.28. The van der Waals surface area contributed by atoms with Gasteiger partial charge < -0.3 is 0 Å². The van der Waals surface area contributed by atoms with E-state index in [0.29, 0.717) is 22.3 Å². The molecule has 0 aliphatic rings. The Labute approximate surface area is 121 Å². The van der Waals surface area contributed by atoms with E-state index in [2.05, 4.69) is 15.4 Å². The lowest BCUT2D eigenvalue weighted by Gasteiger charge is -2.15. The van der Waals surface area contributed by atoms with Gasteiger partial charge in [-0.25, -0.2) is 15.4 Å². The SMILES string of the molecule is Cc1cnc(C(Cc2cc(Cl)ccc2Cl)NN)nc1. The lowest BCUT2D eigenvalue weighted by atomic mass is 10.1. The molecule has 0 aliphatic heterocycles. The summed E-state index contributed by atoms with van der Waals surface area (Å²) >= 11 is 12.1. The Balaban J connectivity index is 2.23. The zero-order chi connectivity index (χ0) is 13.8. The first-order valence-electron chi connectivity index (χ1n) is 5.78. The van der Waals surface area contributed by atoms with Gasteiger partial charge in [0.2, 0.25) is 0 Å². The molecule has 1 aromatic carbocycles. The van der Waals surface area contributed by atoms with Gasteiger partial charge in [0.25, 0.3) is 0 Å². The number of benzene rings is 1. The lowest BCUT2D eigenvalue weighted by Crippen LogP contribution is -2.31. The first kappa shape index (κ1) is 14.2. The summed E-state index contributed by atoms with van der Waals surface area (Å²) in [6.07, 6.45) is 4.08. The lowest BCUT2D eigenvalue weighted by molar-refractivity contribution is 0.522. The van der Waals surface area contributed by atoms with E-state index in [4.69, 9.17) is 29.0 Å². The Morgan fingerprint density at radius 3 is 2.58 bits per heavy atom. The molecule has 2 rings (SSSR count). The molecular weight excluding hydrogens is 283 g/mol. The molecule has 1 unspecified atom stereocenters. The van der Waals surface area contributed by atoms with Crippen LogP contribution in [0.5, 0.6) is 0 Å². The van der Waals surface area contributed by atoms with Crippen molar-refractivity contribution in [2.75, 3.05) is 0 Å². The molecule has 0 saturated carbocycles. The van der Waals surface area contributed by atoms with Gasteiger partial charge in [-0.05, 0) is 42.7 Å². The highest BCUT2D eigenvalue weighted by atomic mass is 35.5. The number of nitrogens with one attached hydrogen (secondary N) is 1. The molecule has 4 nitrogen and oxygen atoms in total. The van der Waals surface area contributed by atoms with Gasteiger partial charge in [-0.15, -0.1) is 0 Å². The molecule has 0 spiro atoms. The Bertz CT molecular complexity index is 557. The Morgan fingerprint density at radius 1 is 1.26 bits per heavy atom. The maximum Gasteiger partial charge on any atom is 0.146 e. The highest BCUT2D eigenvalue weighted by Gasteiger charge is 2.15. The number of nitrogens with two attached hydrogens (primary N) is 1. The summed E-state index contributed by atoms with van der Waals surface area (Å²) in [7, 11) is 0. The Morgan fingerprint density at radius 2 is 1.95 bits per heavy atom. The predicted molar refractivity (Wildman–Crippen MR) is 77.0 cm³/mol. The molecule has 19 heavy (non-hydrogen) atoms. The van der Waals surface area contributed by atoms with Crippen molar-refractivity contribution in [3.8, 4) is 0 Å². The highest BCUT2D eigenvalue weighted by Crippen LogP contribution is 2.24. The van der Waals surface area contributed by atoms with Crippen molar-refractivity contribution in [1.29, 1.82) is 0 Å². The van der Waals surface area contributed by atoms with Gasteiger partial charge in [0, 0.05) is 22.4 Å². The van der Waals surface area contributed by atoms with Crippen LogP contribution < -0.4 is 11.3 Å². The van der Waals surface area contributed by atoms with E-state index in [0.717, 1.165) is 11.1 Å². The maximum absolute atomic E-state index is 6.14. The van der Waals surface area contributed by atoms with E-state index >= 15 is 0 Å². The molecule has 0 amide bonds. The van der Waals surface area contributed by atoms with E-state index in [1.165, 1.54) is 0 Å². The van der Waals surface area contributed by atoms with Crippen molar-refractivity contribution in [2.24, 2.45) is 5.84 Å². The van der Waals surface area contributed by atoms with Crippen molar-refractivity contribution < 1.29 is 0 Å². The summed E-state index contributed by atoms with van der Waals surface area (Å²) in [5.74, 6) is 6.20. The minimum Gasteiger partial charge on any atom is -0.271 e. The topological polar surface area (TPSA) is 63.8 Å². The van der Waals surface area contributed by atoms with E-state index in [-0.39, 0.29) is 6.04 Å². The van der Waals surface area contributed by atoms with Crippen LogP contribution in [0.1, 0.15) is 23.0 Å². The van der Waals surface area contributed by atoms with Gasteiger partial charge in [-0.1, -0.05) is 23.2 Å². The molecule has 0 saturated heterocycles. The number of halogens is 2. The van der Waals surface area contributed by atoms with E-state index < -0.39 is 0 Å². The number of rotatable bonds is 4. The number of aromatic nitrogens is 2. The van der Waals surface area contributed by atoms with Crippen molar-refractivity contribution in [2.45, 2.75) is 19.4 Å². The van der Waals surface area contributed by atoms with Crippen molar-refractivity contribution in [1.82, 2.24) is 15.4 Å². The molecule has 3 N–H and O–H groups in total. The van der Waals surface area contributed by atoms with Crippen molar-refractivity contribution in [3.63, 3.8) is 0 Å². The van der Waals surface area contributed by atoms with Crippen LogP contribution in [0.4, 0.5) is 0 Å². The summed E-state index contributed by atoms with van der Waals surface area (Å²) in [5.41, 5.74) is 4.61. The normalized spacial score (nSPS) is 12.4. The average molecular weight is 297 g/mol. The third-order valence-corrected chi connectivity index (χ3v) is 3.35. The molecule has 0 radical (unpaired) electrons.